The SMILES string of the molecule is Cc1noc(C)c1COc1ccc(CC(=O)NCc2ccccn2)cc1. The summed E-state index contributed by atoms with van der Waals surface area (Å²) in [5, 5.41) is 6.78. The van der Waals surface area contributed by atoms with E-state index in [0.29, 0.717) is 19.6 Å². The molecule has 0 atom stereocenters. The second-order valence-corrected chi connectivity index (χ2v) is 6.01. The van der Waals surface area contributed by atoms with E-state index < -0.39 is 0 Å². The zero-order valence-corrected chi connectivity index (χ0v) is 14.9. The summed E-state index contributed by atoms with van der Waals surface area (Å²) < 4.78 is 10.9. The second-order valence-electron chi connectivity index (χ2n) is 6.01. The molecule has 0 saturated heterocycles. The normalized spacial score (nSPS) is 10.5. The first kappa shape index (κ1) is 17.7. The maximum atomic E-state index is 12.0. The van der Waals surface area contributed by atoms with Gasteiger partial charge in [0.1, 0.15) is 18.1 Å². The van der Waals surface area contributed by atoms with Crippen LogP contribution < -0.4 is 10.1 Å². The first-order valence-electron chi connectivity index (χ1n) is 8.42. The summed E-state index contributed by atoms with van der Waals surface area (Å²) in [6, 6.07) is 13.1. The Morgan fingerprint density at radius 3 is 2.62 bits per heavy atom. The molecule has 0 saturated carbocycles. The monoisotopic (exact) mass is 351 g/mol. The molecule has 2 heterocycles. The van der Waals surface area contributed by atoms with E-state index in [-0.39, 0.29) is 5.91 Å². The summed E-state index contributed by atoms with van der Waals surface area (Å²) in [6.45, 7) is 4.59. The van der Waals surface area contributed by atoms with E-state index >= 15 is 0 Å². The average molecular weight is 351 g/mol. The Hall–Kier alpha value is -3.15. The summed E-state index contributed by atoms with van der Waals surface area (Å²) >= 11 is 0. The van der Waals surface area contributed by atoms with Crippen molar-refractivity contribution < 1.29 is 14.1 Å². The quantitative estimate of drug-likeness (QED) is 0.708. The van der Waals surface area contributed by atoms with Gasteiger partial charge in [-0.1, -0.05) is 23.4 Å². The van der Waals surface area contributed by atoms with Gasteiger partial charge in [0.25, 0.3) is 0 Å². The maximum Gasteiger partial charge on any atom is 0.224 e. The van der Waals surface area contributed by atoms with Crippen molar-refractivity contribution >= 4 is 5.91 Å². The van der Waals surface area contributed by atoms with Gasteiger partial charge >= 0.3 is 0 Å². The molecule has 0 aliphatic carbocycles. The molecule has 2 aromatic heterocycles. The number of pyridine rings is 1. The van der Waals surface area contributed by atoms with Crippen LogP contribution in [0.3, 0.4) is 0 Å². The third kappa shape index (κ3) is 4.69. The van der Waals surface area contributed by atoms with E-state index in [1.54, 1.807) is 6.20 Å². The highest BCUT2D eigenvalue weighted by atomic mass is 16.5. The Morgan fingerprint density at radius 1 is 1.15 bits per heavy atom. The molecule has 1 amide bonds. The van der Waals surface area contributed by atoms with Crippen LogP contribution in [0.25, 0.3) is 0 Å². The number of aromatic nitrogens is 2. The molecule has 0 aliphatic rings. The lowest BCUT2D eigenvalue weighted by Crippen LogP contribution is -2.24. The molecule has 0 spiro atoms. The van der Waals surface area contributed by atoms with Gasteiger partial charge in [-0.2, -0.15) is 0 Å². The molecule has 3 rings (SSSR count). The van der Waals surface area contributed by atoms with Crippen LogP contribution in [0, 0.1) is 13.8 Å². The van der Waals surface area contributed by atoms with E-state index in [0.717, 1.165) is 34.0 Å². The van der Waals surface area contributed by atoms with E-state index in [9.17, 15) is 4.79 Å². The van der Waals surface area contributed by atoms with Gasteiger partial charge < -0.3 is 14.6 Å². The summed E-state index contributed by atoms with van der Waals surface area (Å²) in [5.41, 5.74) is 3.56. The molecule has 6 nitrogen and oxygen atoms in total. The molecular weight excluding hydrogens is 330 g/mol. The highest BCUT2D eigenvalue weighted by Gasteiger charge is 2.10. The van der Waals surface area contributed by atoms with E-state index in [2.05, 4.69) is 15.5 Å². The minimum Gasteiger partial charge on any atom is -0.489 e. The Kier molecular flexibility index (Phi) is 5.63. The van der Waals surface area contributed by atoms with Gasteiger partial charge in [-0.15, -0.1) is 0 Å². The predicted octanol–water partition coefficient (Wildman–Crippen LogP) is 3.12. The van der Waals surface area contributed by atoms with Gasteiger partial charge in [0.05, 0.1) is 29.9 Å². The summed E-state index contributed by atoms with van der Waals surface area (Å²) in [6.07, 6.45) is 2.03. The first-order valence-corrected chi connectivity index (χ1v) is 8.42. The lowest BCUT2D eigenvalue weighted by Gasteiger charge is -2.08. The standard InChI is InChI=1S/C20H21N3O3/c1-14-19(15(2)26-23-14)13-25-18-8-6-16(7-9-18)11-20(24)22-12-17-5-3-4-10-21-17/h3-10H,11-13H2,1-2H3,(H,22,24). The van der Waals surface area contributed by atoms with Crippen LogP contribution in [-0.4, -0.2) is 16.0 Å². The molecule has 0 radical (unpaired) electrons. The first-order chi connectivity index (χ1) is 12.6. The molecule has 3 aromatic rings. The van der Waals surface area contributed by atoms with Crippen molar-refractivity contribution in [1.82, 2.24) is 15.5 Å². The van der Waals surface area contributed by atoms with Crippen molar-refractivity contribution in [2.45, 2.75) is 33.4 Å². The Labute approximate surface area is 152 Å². The van der Waals surface area contributed by atoms with Gasteiger partial charge in [0.2, 0.25) is 5.91 Å². The van der Waals surface area contributed by atoms with Gasteiger partial charge in [-0.25, -0.2) is 0 Å². The minimum atomic E-state index is -0.0416. The van der Waals surface area contributed by atoms with Crippen molar-refractivity contribution in [3.63, 3.8) is 0 Å². The van der Waals surface area contributed by atoms with Crippen molar-refractivity contribution in [3.8, 4) is 5.75 Å². The van der Waals surface area contributed by atoms with Crippen molar-refractivity contribution in [1.29, 1.82) is 0 Å². The summed E-state index contributed by atoms with van der Waals surface area (Å²) in [5.74, 6) is 1.46. The zero-order valence-electron chi connectivity index (χ0n) is 14.9. The number of nitrogens with zero attached hydrogens (tertiary/aromatic N) is 2. The number of amides is 1. The van der Waals surface area contributed by atoms with E-state index in [1.165, 1.54) is 0 Å². The zero-order chi connectivity index (χ0) is 18.4. The molecule has 0 bridgehead atoms. The molecular formula is C20H21N3O3. The third-order valence-electron chi connectivity index (χ3n) is 4.05. The van der Waals surface area contributed by atoms with Gasteiger partial charge in [0, 0.05) is 6.20 Å². The number of hydrogen-bond donors (Lipinski definition) is 1. The predicted molar refractivity (Wildman–Crippen MR) is 96.5 cm³/mol. The van der Waals surface area contributed by atoms with Gasteiger partial charge in [0.15, 0.2) is 0 Å². The highest BCUT2D eigenvalue weighted by Crippen LogP contribution is 2.18. The van der Waals surface area contributed by atoms with Crippen LogP contribution in [0.4, 0.5) is 0 Å². The van der Waals surface area contributed by atoms with Gasteiger partial charge in [-0.3, -0.25) is 9.78 Å². The number of carbonyl (C=O) groups excluding carboxylic acids is 1. The lowest BCUT2D eigenvalue weighted by molar-refractivity contribution is -0.120. The number of carbonyl (C=O) groups is 1. The topological polar surface area (TPSA) is 77.2 Å². The van der Waals surface area contributed by atoms with Crippen LogP contribution in [0.2, 0.25) is 0 Å². The van der Waals surface area contributed by atoms with Crippen molar-refractivity contribution in [2.24, 2.45) is 0 Å². The molecule has 26 heavy (non-hydrogen) atoms. The smallest absolute Gasteiger partial charge is 0.224 e. The molecule has 6 heteroatoms. The van der Waals surface area contributed by atoms with Crippen LogP contribution in [0.5, 0.6) is 5.75 Å². The highest BCUT2D eigenvalue weighted by molar-refractivity contribution is 5.78. The van der Waals surface area contributed by atoms with Crippen LogP contribution in [0.1, 0.15) is 28.3 Å². The third-order valence-corrected chi connectivity index (χ3v) is 4.05. The van der Waals surface area contributed by atoms with Crippen molar-refractivity contribution in [3.05, 3.63) is 76.9 Å². The largest absolute Gasteiger partial charge is 0.489 e. The minimum absolute atomic E-state index is 0.0416. The Morgan fingerprint density at radius 2 is 1.96 bits per heavy atom. The molecule has 134 valence electrons. The number of ether oxygens (including phenoxy) is 1. The second kappa shape index (κ2) is 8.29. The molecule has 1 aromatic carbocycles. The number of benzene rings is 1. The number of rotatable bonds is 7. The fourth-order valence-corrected chi connectivity index (χ4v) is 2.51. The van der Waals surface area contributed by atoms with Crippen molar-refractivity contribution in [2.75, 3.05) is 0 Å². The number of aryl methyl sites for hydroxylation is 2. The Bertz CT molecular complexity index is 838. The molecule has 0 fully saturated rings. The van der Waals surface area contributed by atoms with E-state index in [4.69, 9.17) is 9.26 Å². The number of nitrogens with one attached hydrogen (secondary N) is 1. The average Bonchev–Trinajstić information content (AvgIpc) is 2.98. The fraction of sp³-hybridized carbons (Fsp3) is 0.250. The van der Waals surface area contributed by atoms with Crippen LogP contribution in [0.15, 0.2) is 53.2 Å². The summed E-state index contributed by atoms with van der Waals surface area (Å²) in [7, 11) is 0. The fourth-order valence-electron chi connectivity index (χ4n) is 2.51. The molecule has 0 aliphatic heterocycles. The van der Waals surface area contributed by atoms with Crippen LogP contribution >= 0.6 is 0 Å². The number of hydrogen-bond acceptors (Lipinski definition) is 5. The summed E-state index contributed by atoms with van der Waals surface area (Å²) in [4.78, 5) is 16.2. The molecule has 1 N–H and O–H groups in total. The molecule has 0 unspecified atom stereocenters. The Balaban J connectivity index is 1.48. The van der Waals surface area contributed by atoms with E-state index in [1.807, 2.05) is 56.3 Å². The maximum absolute atomic E-state index is 12.0. The van der Waals surface area contributed by atoms with Gasteiger partial charge in [-0.05, 0) is 43.7 Å². The lowest BCUT2D eigenvalue weighted by atomic mass is 10.1. The van der Waals surface area contributed by atoms with Crippen LogP contribution in [-0.2, 0) is 24.4 Å².